The smallest absolute Gasteiger partial charge is 0.245 e. The lowest BCUT2D eigenvalue weighted by Gasteiger charge is -2.31. The molecule has 1 aromatic heterocycles. The fraction of sp³-hybridized carbons (Fsp3) is 0.500. The minimum absolute atomic E-state index is 0.0267. The second-order valence-corrected chi connectivity index (χ2v) is 12.0. The van der Waals surface area contributed by atoms with Crippen molar-refractivity contribution in [2.45, 2.75) is 43.1 Å². The molecule has 0 bridgehead atoms. The van der Waals surface area contributed by atoms with Gasteiger partial charge < -0.3 is 10.1 Å². The summed E-state index contributed by atoms with van der Waals surface area (Å²) >= 11 is 7.40. The van der Waals surface area contributed by atoms with Crippen LogP contribution in [0.15, 0.2) is 36.4 Å². The van der Waals surface area contributed by atoms with E-state index in [-0.39, 0.29) is 12.2 Å². The maximum absolute atomic E-state index is 13.5. The number of amides is 1. The Morgan fingerprint density at radius 1 is 1.22 bits per heavy atom. The molecule has 0 spiro atoms. The average Bonchev–Trinajstić information content (AvgIpc) is 3.23. The van der Waals surface area contributed by atoms with E-state index >= 15 is 0 Å². The van der Waals surface area contributed by atoms with Crippen LogP contribution in [-0.4, -0.2) is 46.1 Å². The van der Waals surface area contributed by atoms with Gasteiger partial charge in [-0.2, -0.15) is 0 Å². The summed E-state index contributed by atoms with van der Waals surface area (Å²) in [6.07, 6.45) is 2.24. The number of rotatable bonds is 6. The van der Waals surface area contributed by atoms with Crippen molar-refractivity contribution in [3.63, 3.8) is 0 Å². The summed E-state index contributed by atoms with van der Waals surface area (Å²) < 4.78 is 31.1. The van der Waals surface area contributed by atoms with Crippen molar-refractivity contribution in [2.24, 2.45) is 0 Å². The highest BCUT2D eigenvalue weighted by atomic mass is 35.5. The molecule has 174 valence electrons. The van der Waals surface area contributed by atoms with Crippen LogP contribution >= 0.6 is 22.9 Å². The molecule has 2 N–H and O–H groups in total. The van der Waals surface area contributed by atoms with Gasteiger partial charge in [0.25, 0.3) is 0 Å². The number of benzene rings is 1. The summed E-state index contributed by atoms with van der Waals surface area (Å²) in [6, 6.07) is 11.1. The Hall–Kier alpha value is -1.49. The van der Waals surface area contributed by atoms with Gasteiger partial charge in [0.05, 0.1) is 12.2 Å². The highest BCUT2D eigenvalue weighted by Gasteiger charge is 2.48. The lowest BCUT2D eigenvalue weighted by Crippen LogP contribution is -2.43. The molecule has 2 atom stereocenters. The number of sulfone groups is 1. The van der Waals surface area contributed by atoms with Crippen molar-refractivity contribution < 1.29 is 22.8 Å². The average molecular weight is 499 g/mol. The van der Waals surface area contributed by atoms with E-state index in [1.165, 1.54) is 11.3 Å². The summed E-state index contributed by atoms with van der Waals surface area (Å²) in [6.45, 7) is 1.47. The third-order valence-corrected chi connectivity index (χ3v) is 10.1. The van der Waals surface area contributed by atoms with Crippen LogP contribution in [0.2, 0.25) is 5.02 Å². The molecule has 2 aromatic rings. The van der Waals surface area contributed by atoms with E-state index < -0.39 is 26.8 Å². The van der Waals surface area contributed by atoms with Crippen LogP contribution in [0.25, 0.3) is 10.4 Å². The van der Waals surface area contributed by atoms with E-state index in [1.807, 2.05) is 24.3 Å². The van der Waals surface area contributed by atoms with Gasteiger partial charge in [0.1, 0.15) is 4.75 Å². The van der Waals surface area contributed by atoms with Gasteiger partial charge >= 0.3 is 0 Å². The van der Waals surface area contributed by atoms with Crippen LogP contribution in [0, 0.1) is 0 Å². The Morgan fingerprint density at radius 3 is 2.78 bits per heavy atom. The molecule has 1 aromatic carbocycles. The summed E-state index contributed by atoms with van der Waals surface area (Å²) in [4.78, 5) is 19.9. The standard InChI is InChI=1S/C22H27ClN2O5S2/c23-17-6-4-16(5-7-17)18-8-9-19(31-18)22(10-11-24-12-14-32(22,27)28)15-20(26)25-30-21-3-1-2-13-29-21/h4-9,21,24H,1-3,10-15H2,(H,25,26). The van der Waals surface area contributed by atoms with Gasteiger partial charge in [-0.05, 0) is 55.6 Å². The van der Waals surface area contributed by atoms with Crippen LogP contribution in [0.1, 0.15) is 37.0 Å². The van der Waals surface area contributed by atoms with Crippen LogP contribution in [0.4, 0.5) is 0 Å². The first kappa shape index (κ1) is 23.7. The van der Waals surface area contributed by atoms with Gasteiger partial charge in [-0.15, -0.1) is 11.3 Å². The minimum Gasteiger partial charge on any atom is -0.350 e. The molecule has 0 aliphatic carbocycles. The lowest BCUT2D eigenvalue weighted by molar-refractivity contribution is -0.200. The van der Waals surface area contributed by atoms with E-state index in [2.05, 4.69) is 10.8 Å². The predicted molar refractivity (Wildman–Crippen MR) is 125 cm³/mol. The molecule has 1 amide bonds. The van der Waals surface area contributed by atoms with Crippen molar-refractivity contribution in [1.82, 2.24) is 10.8 Å². The van der Waals surface area contributed by atoms with Crippen molar-refractivity contribution >= 4 is 38.7 Å². The summed E-state index contributed by atoms with van der Waals surface area (Å²) in [7, 11) is -3.61. The molecular formula is C22H27ClN2O5S2. The van der Waals surface area contributed by atoms with Gasteiger partial charge in [-0.1, -0.05) is 23.7 Å². The van der Waals surface area contributed by atoms with Crippen LogP contribution < -0.4 is 10.8 Å². The maximum Gasteiger partial charge on any atom is 0.245 e. The molecule has 32 heavy (non-hydrogen) atoms. The highest BCUT2D eigenvalue weighted by Crippen LogP contribution is 2.44. The van der Waals surface area contributed by atoms with Crippen LogP contribution in [0.5, 0.6) is 0 Å². The van der Waals surface area contributed by atoms with Crippen LogP contribution in [-0.2, 0) is 29.0 Å². The van der Waals surface area contributed by atoms with Crippen molar-refractivity contribution in [3.8, 4) is 10.4 Å². The van der Waals surface area contributed by atoms with Gasteiger partial charge in [0.15, 0.2) is 16.1 Å². The van der Waals surface area contributed by atoms with E-state index in [9.17, 15) is 13.2 Å². The Morgan fingerprint density at radius 2 is 2.03 bits per heavy atom. The van der Waals surface area contributed by atoms with Gasteiger partial charge in [-0.3, -0.25) is 4.79 Å². The number of hydrogen-bond acceptors (Lipinski definition) is 7. The Bertz CT molecular complexity index is 1030. The SMILES string of the molecule is O=C(CC1(c2ccc(-c3ccc(Cl)cc3)s2)CCNCCS1(=O)=O)NOC1CCCCO1. The number of nitrogens with one attached hydrogen (secondary N) is 2. The number of hydroxylamine groups is 1. The first-order valence-corrected chi connectivity index (χ1v) is 13.6. The zero-order valence-electron chi connectivity index (χ0n) is 17.6. The van der Waals surface area contributed by atoms with E-state index in [4.69, 9.17) is 21.2 Å². The van der Waals surface area contributed by atoms with Gasteiger partial charge in [-0.25, -0.2) is 18.7 Å². The molecule has 2 saturated heterocycles. The molecule has 4 rings (SSSR count). The molecule has 10 heteroatoms. The number of carbonyl (C=O) groups is 1. The summed E-state index contributed by atoms with van der Waals surface area (Å²) in [5.74, 6) is -0.493. The Kier molecular flexibility index (Phi) is 7.54. The van der Waals surface area contributed by atoms with E-state index in [0.29, 0.717) is 42.4 Å². The number of carbonyl (C=O) groups excluding carboxylic acids is 1. The molecule has 2 fully saturated rings. The molecule has 2 unspecified atom stereocenters. The normalized spacial score (nSPS) is 25.7. The lowest BCUT2D eigenvalue weighted by atomic mass is 9.97. The fourth-order valence-corrected chi connectivity index (χ4v) is 7.82. The fourth-order valence-electron chi connectivity index (χ4n) is 4.12. The van der Waals surface area contributed by atoms with Gasteiger partial charge in [0.2, 0.25) is 5.91 Å². The Labute approximate surface area is 197 Å². The zero-order valence-corrected chi connectivity index (χ0v) is 20.0. The largest absolute Gasteiger partial charge is 0.350 e. The minimum atomic E-state index is -3.61. The van der Waals surface area contributed by atoms with Crippen molar-refractivity contribution in [1.29, 1.82) is 0 Å². The predicted octanol–water partition coefficient (Wildman–Crippen LogP) is 3.64. The van der Waals surface area contributed by atoms with Crippen molar-refractivity contribution in [2.75, 3.05) is 25.4 Å². The molecule has 0 radical (unpaired) electrons. The number of hydrogen-bond donors (Lipinski definition) is 2. The third kappa shape index (κ3) is 5.18. The molecule has 0 saturated carbocycles. The van der Waals surface area contributed by atoms with Crippen LogP contribution in [0.3, 0.4) is 0 Å². The summed E-state index contributed by atoms with van der Waals surface area (Å²) in [5, 5.41) is 3.79. The van der Waals surface area contributed by atoms with E-state index in [1.54, 1.807) is 12.1 Å². The number of thiophene rings is 1. The van der Waals surface area contributed by atoms with E-state index in [0.717, 1.165) is 23.3 Å². The Balaban J connectivity index is 1.60. The molecule has 2 aliphatic rings. The second kappa shape index (κ2) is 10.2. The zero-order chi connectivity index (χ0) is 22.6. The monoisotopic (exact) mass is 498 g/mol. The first-order valence-electron chi connectivity index (χ1n) is 10.7. The first-order chi connectivity index (χ1) is 15.4. The molecule has 2 aliphatic heterocycles. The third-order valence-electron chi connectivity index (χ3n) is 5.92. The number of halogens is 1. The topological polar surface area (TPSA) is 93.7 Å². The van der Waals surface area contributed by atoms with Gasteiger partial charge in [0, 0.05) is 34.3 Å². The maximum atomic E-state index is 13.5. The summed E-state index contributed by atoms with van der Waals surface area (Å²) in [5.41, 5.74) is 3.39. The second-order valence-electron chi connectivity index (χ2n) is 8.10. The molecule has 7 nitrogen and oxygen atoms in total. The highest BCUT2D eigenvalue weighted by molar-refractivity contribution is 7.92. The molecule has 3 heterocycles. The number of ether oxygens (including phenoxy) is 1. The van der Waals surface area contributed by atoms with Crippen molar-refractivity contribution in [3.05, 3.63) is 46.3 Å². The molecular weight excluding hydrogens is 472 g/mol. The quantitative estimate of drug-likeness (QED) is 0.591.